The molecule has 1 unspecified atom stereocenters. The number of rotatable bonds is 4. The monoisotopic (exact) mass is 261 g/mol. The van der Waals surface area contributed by atoms with E-state index in [0.717, 1.165) is 11.8 Å². The van der Waals surface area contributed by atoms with Crippen molar-refractivity contribution in [1.82, 2.24) is 4.90 Å². The van der Waals surface area contributed by atoms with E-state index in [1.54, 1.807) is 4.90 Å². The van der Waals surface area contributed by atoms with Crippen LogP contribution in [0.4, 0.5) is 0 Å². The Kier molecular flexibility index (Phi) is 4.82. The first-order valence-electron chi connectivity index (χ1n) is 5.55. The van der Waals surface area contributed by atoms with Gasteiger partial charge in [0.05, 0.1) is 23.2 Å². The van der Waals surface area contributed by atoms with Crippen LogP contribution in [-0.2, 0) is 14.3 Å². The lowest BCUT2D eigenvalue weighted by Gasteiger charge is -2.41. The first-order chi connectivity index (χ1) is 7.80. The van der Waals surface area contributed by atoms with E-state index in [1.807, 2.05) is 20.8 Å². The molecule has 1 atom stereocenters. The molecule has 0 spiro atoms. The second kappa shape index (κ2) is 5.73. The van der Waals surface area contributed by atoms with Gasteiger partial charge in [-0.2, -0.15) is 0 Å². The Hall–Kier alpha value is -0.750. The van der Waals surface area contributed by atoms with Crippen molar-refractivity contribution in [1.29, 1.82) is 0 Å². The van der Waals surface area contributed by atoms with Crippen molar-refractivity contribution in [2.45, 2.75) is 32.5 Å². The Morgan fingerprint density at radius 2 is 2.12 bits per heavy atom. The normalized spacial score (nSPS) is 23.5. The summed E-state index contributed by atoms with van der Waals surface area (Å²) in [5, 5.41) is 8.50. The van der Waals surface area contributed by atoms with E-state index < -0.39 is 5.97 Å². The lowest BCUT2D eigenvalue weighted by molar-refractivity contribution is -0.155. The van der Waals surface area contributed by atoms with E-state index in [0.29, 0.717) is 13.1 Å². The minimum absolute atomic E-state index is 0.0144. The van der Waals surface area contributed by atoms with Crippen LogP contribution in [0.5, 0.6) is 0 Å². The van der Waals surface area contributed by atoms with E-state index in [4.69, 9.17) is 9.84 Å². The molecule has 1 fully saturated rings. The molecule has 1 heterocycles. The highest BCUT2D eigenvalue weighted by Gasteiger charge is 2.33. The minimum Gasteiger partial charge on any atom is -0.481 e. The Morgan fingerprint density at radius 1 is 1.47 bits per heavy atom. The summed E-state index contributed by atoms with van der Waals surface area (Å²) in [5.74, 6) is -0.720. The first kappa shape index (κ1) is 14.3. The summed E-state index contributed by atoms with van der Waals surface area (Å²) in [6.45, 7) is 6.98. The van der Waals surface area contributed by atoms with Crippen LogP contribution in [0.1, 0.15) is 20.8 Å². The van der Waals surface area contributed by atoms with Gasteiger partial charge in [-0.25, -0.2) is 0 Å². The van der Waals surface area contributed by atoms with E-state index >= 15 is 0 Å². The van der Waals surface area contributed by atoms with Crippen LogP contribution in [0.3, 0.4) is 0 Å². The average molecular weight is 261 g/mol. The molecule has 0 aromatic carbocycles. The molecule has 17 heavy (non-hydrogen) atoms. The van der Waals surface area contributed by atoms with Gasteiger partial charge in [0, 0.05) is 13.1 Å². The fourth-order valence-corrected chi connectivity index (χ4v) is 2.59. The fourth-order valence-electron chi connectivity index (χ4n) is 1.96. The molecule has 0 bridgehead atoms. The summed E-state index contributed by atoms with van der Waals surface area (Å²) < 4.78 is 5.70. The van der Waals surface area contributed by atoms with Crippen LogP contribution >= 0.6 is 11.8 Å². The highest BCUT2D eigenvalue weighted by molar-refractivity contribution is 8.00. The molecule has 0 aliphatic carbocycles. The number of morpholine rings is 1. The fraction of sp³-hybridized carbons (Fsp3) is 0.818. The number of nitrogens with zero attached hydrogens (tertiary/aromatic N) is 1. The van der Waals surface area contributed by atoms with Crippen LogP contribution in [-0.4, -0.2) is 58.2 Å². The second-order valence-electron chi connectivity index (χ2n) is 4.85. The summed E-state index contributed by atoms with van der Waals surface area (Å²) in [5.41, 5.74) is -0.329. The van der Waals surface area contributed by atoms with Gasteiger partial charge in [0.2, 0.25) is 5.91 Å². The summed E-state index contributed by atoms with van der Waals surface area (Å²) in [7, 11) is 0. The number of hydrogen-bond donors (Lipinski definition) is 1. The lowest BCUT2D eigenvalue weighted by atomic mass is 10.1. The number of carbonyl (C=O) groups excluding carboxylic acids is 1. The van der Waals surface area contributed by atoms with Crippen molar-refractivity contribution in [2.75, 3.05) is 24.6 Å². The van der Waals surface area contributed by atoms with Crippen molar-refractivity contribution >= 4 is 23.6 Å². The van der Waals surface area contributed by atoms with E-state index in [9.17, 15) is 9.59 Å². The predicted octanol–water partition coefficient (Wildman–Crippen LogP) is 0.830. The number of thioether (sulfide) groups is 1. The third kappa shape index (κ3) is 4.95. The highest BCUT2D eigenvalue weighted by atomic mass is 32.2. The second-order valence-corrected chi connectivity index (χ2v) is 5.83. The number of carboxylic acids is 1. The van der Waals surface area contributed by atoms with Crippen molar-refractivity contribution in [3.05, 3.63) is 0 Å². The quantitative estimate of drug-likeness (QED) is 0.812. The molecular weight excluding hydrogens is 242 g/mol. The van der Waals surface area contributed by atoms with Crippen LogP contribution in [0, 0.1) is 0 Å². The maximum absolute atomic E-state index is 11.9. The van der Waals surface area contributed by atoms with E-state index in [1.165, 1.54) is 0 Å². The van der Waals surface area contributed by atoms with Gasteiger partial charge in [0.15, 0.2) is 0 Å². The molecule has 1 aliphatic rings. The Morgan fingerprint density at radius 3 is 2.65 bits per heavy atom. The standard InChI is InChI=1S/C11H19NO4S/c1-8-4-12(7-11(2,3)16-8)9(13)5-17-6-10(14)15/h8H,4-7H2,1-3H3,(H,14,15). The van der Waals surface area contributed by atoms with Gasteiger partial charge in [-0.05, 0) is 20.8 Å². The molecule has 1 N–H and O–H groups in total. The average Bonchev–Trinajstić information content (AvgIpc) is 2.13. The van der Waals surface area contributed by atoms with Gasteiger partial charge in [-0.15, -0.1) is 11.8 Å². The molecule has 6 heteroatoms. The molecule has 98 valence electrons. The molecule has 0 aromatic rings. The van der Waals surface area contributed by atoms with Gasteiger partial charge in [-0.1, -0.05) is 0 Å². The molecule has 0 saturated carbocycles. The lowest BCUT2D eigenvalue weighted by Crippen LogP contribution is -2.54. The van der Waals surface area contributed by atoms with Crippen molar-refractivity contribution in [3.8, 4) is 0 Å². The topological polar surface area (TPSA) is 66.8 Å². The van der Waals surface area contributed by atoms with Crippen LogP contribution < -0.4 is 0 Å². The van der Waals surface area contributed by atoms with Gasteiger partial charge in [0.1, 0.15) is 0 Å². The Balaban J connectivity index is 2.43. The van der Waals surface area contributed by atoms with Gasteiger partial charge < -0.3 is 14.7 Å². The molecule has 1 aliphatic heterocycles. The zero-order chi connectivity index (χ0) is 13.1. The molecule has 0 radical (unpaired) electrons. The van der Waals surface area contributed by atoms with Crippen LogP contribution in [0.15, 0.2) is 0 Å². The zero-order valence-electron chi connectivity index (χ0n) is 10.4. The Labute approximate surface area is 105 Å². The van der Waals surface area contributed by atoms with Crippen molar-refractivity contribution in [3.63, 3.8) is 0 Å². The number of aliphatic carboxylic acids is 1. The van der Waals surface area contributed by atoms with E-state index in [-0.39, 0.29) is 29.1 Å². The number of ether oxygens (including phenoxy) is 1. The number of carbonyl (C=O) groups is 2. The summed E-state index contributed by atoms with van der Waals surface area (Å²) >= 11 is 1.13. The van der Waals surface area contributed by atoms with Gasteiger partial charge >= 0.3 is 5.97 Å². The summed E-state index contributed by atoms with van der Waals surface area (Å²) in [6, 6.07) is 0. The third-order valence-electron chi connectivity index (χ3n) is 2.37. The molecule has 5 nitrogen and oxygen atoms in total. The molecule has 1 saturated heterocycles. The highest BCUT2D eigenvalue weighted by Crippen LogP contribution is 2.21. The number of hydrogen-bond acceptors (Lipinski definition) is 4. The van der Waals surface area contributed by atoms with Crippen molar-refractivity contribution in [2.24, 2.45) is 0 Å². The van der Waals surface area contributed by atoms with Crippen molar-refractivity contribution < 1.29 is 19.4 Å². The third-order valence-corrected chi connectivity index (χ3v) is 3.28. The smallest absolute Gasteiger partial charge is 0.313 e. The number of carboxylic acid groups (broad SMARTS) is 1. The zero-order valence-corrected chi connectivity index (χ0v) is 11.2. The minimum atomic E-state index is -0.890. The predicted molar refractivity (Wildman–Crippen MR) is 66.2 cm³/mol. The Bertz CT molecular complexity index is 306. The molecule has 0 aromatic heterocycles. The van der Waals surface area contributed by atoms with Gasteiger partial charge in [0.25, 0.3) is 0 Å². The SMILES string of the molecule is CC1CN(C(=O)CSCC(=O)O)CC(C)(C)O1. The maximum atomic E-state index is 11.9. The van der Waals surface area contributed by atoms with E-state index in [2.05, 4.69) is 0 Å². The van der Waals surface area contributed by atoms with Crippen LogP contribution in [0.25, 0.3) is 0 Å². The summed E-state index contributed by atoms with van der Waals surface area (Å²) in [4.78, 5) is 24.0. The maximum Gasteiger partial charge on any atom is 0.313 e. The molecular formula is C11H19NO4S. The number of amides is 1. The molecule has 1 amide bonds. The van der Waals surface area contributed by atoms with Crippen LogP contribution in [0.2, 0.25) is 0 Å². The summed E-state index contributed by atoms with van der Waals surface area (Å²) in [6.07, 6.45) is 0.0205. The molecule has 1 rings (SSSR count). The largest absolute Gasteiger partial charge is 0.481 e. The van der Waals surface area contributed by atoms with Gasteiger partial charge in [-0.3, -0.25) is 9.59 Å². The first-order valence-corrected chi connectivity index (χ1v) is 6.71.